The highest BCUT2D eigenvalue weighted by atomic mass is 32.1. The number of aryl methyl sites for hydroxylation is 1. The van der Waals surface area contributed by atoms with E-state index in [4.69, 9.17) is 29.2 Å². The van der Waals surface area contributed by atoms with E-state index in [0.717, 1.165) is 69.8 Å². The Kier molecular flexibility index (Phi) is 12.2. The number of hydrogen-bond donors (Lipinski definition) is 4. The number of thiazole rings is 1. The van der Waals surface area contributed by atoms with Crippen LogP contribution >= 0.6 is 11.3 Å². The Morgan fingerprint density at radius 1 is 0.797 bits per heavy atom. The normalized spacial score (nSPS) is 19.7. The first kappa shape index (κ1) is 46.0. The molecule has 69 heavy (non-hydrogen) atoms. The van der Waals surface area contributed by atoms with Gasteiger partial charge in [-0.15, -0.1) is 11.3 Å². The standard InChI is InChI=1S/C50H57FN10O7S/c1-24(2)40(57-49(64)66-6)46(62)59-16-8-10-35(59)43-52-22-32(54-43)28-14-15-34-30(18-28)20-37-39-31(51)19-29(21-38(39)68-48(61(34)37)42-26(5)69-45(56-42)27-12-13-27)33-23-53-44(55-33)36-11-9-17-60(36)47(63)41(25(3)4)58-50(65)67-7/h14-15,18-25,27,35-36,40-41,48H,8-13,16-17H2,1-7H3,(H,52,54)(H,53,55)(H,57,64)(H,58,65)/t35-,36-,40-,41-,48?/m0/s1. The van der Waals surface area contributed by atoms with E-state index in [1.165, 1.54) is 20.3 Å². The molecule has 19 heteroatoms. The number of amides is 4. The van der Waals surface area contributed by atoms with Gasteiger partial charge in [0.25, 0.3) is 0 Å². The topological polar surface area (TPSA) is 202 Å². The van der Waals surface area contributed by atoms with Crippen molar-refractivity contribution < 1.29 is 37.8 Å². The van der Waals surface area contributed by atoms with Crippen LogP contribution in [0.2, 0.25) is 0 Å². The number of carbonyl (C=O) groups is 4. The van der Waals surface area contributed by atoms with Crippen molar-refractivity contribution in [3.8, 4) is 39.5 Å². The molecule has 3 fully saturated rings. The lowest BCUT2D eigenvalue weighted by molar-refractivity contribution is -0.136. The van der Waals surface area contributed by atoms with Gasteiger partial charge >= 0.3 is 12.2 Å². The van der Waals surface area contributed by atoms with Crippen molar-refractivity contribution in [2.45, 2.75) is 109 Å². The molecule has 7 heterocycles. The largest absolute Gasteiger partial charge is 0.463 e. The third-order valence-electron chi connectivity index (χ3n) is 13.9. The number of H-pyrrole nitrogens is 2. The Balaban J connectivity index is 0.975. The predicted molar refractivity (Wildman–Crippen MR) is 256 cm³/mol. The Hall–Kier alpha value is -6.76. The summed E-state index contributed by atoms with van der Waals surface area (Å²) in [4.78, 5) is 78.0. The minimum Gasteiger partial charge on any atom is -0.463 e. The van der Waals surface area contributed by atoms with E-state index >= 15 is 4.39 Å². The fourth-order valence-electron chi connectivity index (χ4n) is 10.1. The molecule has 0 radical (unpaired) electrons. The molecule has 5 atom stereocenters. The molecule has 362 valence electrons. The van der Waals surface area contributed by atoms with Crippen LogP contribution in [0.1, 0.15) is 118 Å². The zero-order chi connectivity index (χ0) is 48.4. The summed E-state index contributed by atoms with van der Waals surface area (Å²) in [5.41, 5.74) is 5.32. The van der Waals surface area contributed by atoms with E-state index in [9.17, 15) is 19.2 Å². The van der Waals surface area contributed by atoms with Gasteiger partial charge in [-0.05, 0) is 87.6 Å². The van der Waals surface area contributed by atoms with Gasteiger partial charge < -0.3 is 44.6 Å². The van der Waals surface area contributed by atoms with Gasteiger partial charge in [0.05, 0.1) is 71.9 Å². The Morgan fingerprint density at radius 3 is 1.93 bits per heavy atom. The number of aromatic nitrogens is 6. The fraction of sp³-hybridized carbons (Fsp3) is 0.460. The predicted octanol–water partition coefficient (Wildman–Crippen LogP) is 8.90. The number of fused-ring (bicyclic) bond motifs is 5. The van der Waals surface area contributed by atoms with Crippen LogP contribution in [0.3, 0.4) is 0 Å². The number of methoxy groups -OCH3 is 2. The zero-order valence-electron chi connectivity index (χ0n) is 39.7. The van der Waals surface area contributed by atoms with E-state index in [1.807, 2.05) is 56.5 Å². The molecule has 10 rings (SSSR count). The third kappa shape index (κ3) is 8.48. The van der Waals surface area contributed by atoms with Gasteiger partial charge in [-0.25, -0.2) is 28.9 Å². The first-order valence-corrected chi connectivity index (χ1v) is 24.6. The Morgan fingerprint density at radius 2 is 1.38 bits per heavy atom. The lowest BCUT2D eigenvalue weighted by atomic mass is 10.0. The molecule has 1 saturated carbocycles. The van der Waals surface area contributed by atoms with Crippen molar-refractivity contribution in [2.24, 2.45) is 11.8 Å². The van der Waals surface area contributed by atoms with Crippen LogP contribution in [0.15, 0.2) is 48.8 Å². The summed E-state index contributed by atoms with van der Waals surface area (Å²) in [6.45, 7) is 10.6. The molecule has 17 nitrogen and oxygen atoms in total. The summed E-state index contributed by atoms with van der Waals surface area (Å²) in [6.07, 6.45) is 6.57. The number of halogens is 1. The Labute approximate surface area is 402 Å². The van der Waals surface area contributed by atoms with Crippen molar-refractivity contribution in [2.75, 3.05) is 27.3 Å². The van der Waals surface area contributed by atoms with Crippen molar-refractivity contribution in [3.05, 3.63) is 81.8 Å². The maximum atomic E-state index is 17.0. The number of likely N-dealkylation sites (tertiary alicyclic amines) is 2. The summed E-state index contributed by atoms with van der Waals surface area (Å²) in [7, 11) is 2.55. The summed E-state index contributed by atoms with van der Waals surface area (Å²) in [6, 6.07) is 9.21. The maximum absolute atomic E-state index is 17.0. The second-order valence-corrected chi connectivity index (χ2v) is 20.4. The van der Waals surface area contributed by atoms with E-state index in [-0.39, 0.29) is 35.7 Å². The Bertz CT molecular complexity index is 2970. The lowest BCUT2D eigenvalue weighted by Gasteiger charge is -2.30. The molecule has 4 amide bonds. The highest BCUT2D eigenvalue weighted by Crippen LogP contribution is 2.50. The van der Waals surface area contributed by atoms with Crippen LogP contribution in [-0.4, -0.2) is 103 Å². The average Bonchev–Trinajstić information content (AvgIpc) is 4.02. The molecule has 0 spiro atoms. The first-order valence-electron chi connectivity index (χ1n) is 23.8. The summed E-state index contributed by atoms with van der Waals surface area (Å²) >= 11 is 1.68. The van der Waals surface area contributed by atoms with Crippen LogP contribution in [-0.2, 0) is 19.1 Å². The summed E-state index contributed by atoms with van der Waals surface area (Å²) < 4.78 is 35.5. The molecule has 4 N–H and O–H groups in total. The highest BCUT2D eigenvalue weighted by molar-refractivity contribution is 7.11. The molecule has 0 bridgehead atoms. The van der Waals surface area contributed by atoms with Crippen LogP contribution in [0.25, 0.3) is 44.7 Å². The summed E-state index contributed by atoms with van der Waals surface area (Å²) in [5, 5.41) is 7.34. The van der Waals surface area contributed by atoms with E-state index in [1.54, 1.807) is 33.5 Å². The minimum atomic E-state index is -0.774. The van der Waals surface area contributed by atoms with Gasteiger partial charge in [0.15, 0.2) is 0 Å². The average molecular weight is 961 g/mol. The number of carbonyl (C=O) groups excluding carboxylic acids is 4. The molecule has 2 aromatic carbocycles. The fourth-order valence-corrected chi connectivity index (χ4v) is 11.2. The molecule has 3 aliphatic heterocycles. The van der Waals surface area contributed by atoms with E-state index in [2.05, 4.69) is 33.6 Å². The number of nitrogens with one attached hydrogen (secondary N) is 4. The monoisotopic (exact) mass is 960 g/mol. The number of ether oxygens (including phenoxy) is 3. The van der Waals surface area contributed by atoms with Crippen LogP contribution < -0.4 is 15.4 Å². The second kappa shape index (κ2) is 18.3. The molecule has 2 saturated heterocycles. The zero-order valence-corrected chi connectivity index (χ0v) is 40.5. The van der Waals surface area contributed by atoms with Gasteiger partial charge in [0, 0.05) is 40.4 Å². The number of benzene rings is 2. The number of rotatable bonds is 12. The SMILES string of the molecule is COC(=O)N[C@H](C(=O)N1CCC[C@H]1c1ncc(-c2cc(F)c3c(c2)OC(c2nc(C4CC4)sc2C)n2c-3cc3cc(-c4cnc([C@@H]5CCCN5C(=O)[C@@H](NC(=O)OC)C(C)C)[nH]4)ccc32)[nH]1)C(C)C. The van der Waals surface area contributed by atoms with Gasteiger partial charge in [-0.2, -0.15) is 0 Å². The number of nitrogens with zero attached hydrogens (tertiary/aromatic N) is 6. The van der Waals surface area contributed by atoms with Crippen molar-refractivity contribution >= 4 is 46.2 Å². The number of aromatic amines is 2. The van der Waals surface area contributed by atoms with E-state index in [0.29, 0.717) is 65.3 Å². The quantitative estimate of drug-likeness (QED) is 0.0918. The van der Waals surface area contributed by atoms with Gasteiger partial charge in [0.2, 0.25) is 18.0 Å². The lowest BCUT2D eigenvalue weighted by Crippen LogP contribution is -2.51. The maximum Gasteiger partial charge on any atom is 0.407 e. The summed E-state index contributed by atoms with van der Waals surface area (Å²) in [5.74, 6) is 0.824. The molecule has 4 aliphatic rings. The molecular weight excluding hydrogens is 904 g/mol. The molecule has 6 aromatic rings. The highest BCUT2D eigenvalue weighted by Gasteiger charge is 2.40. The molecule has 1 aliphatic carbocycles. The number of imidazole rings is 2. The second-order valence-electron chi connectivity index (χ2n) is 19.2. The van der Waals surface area contributed by atoms with Crippen LogP contribution in [0.4, 0.5) is 14.0 Å². The van der Waals surface area contributed by atoms with Crippen molar-refractivity contribution in [3.63, 3.8) is 0 Å². The number of hydrogen-bond acceptors (Lipinski definition) is 11. The number of alkyl carbamates (subject to hydrolysis) is 2. The van der Waals surface area contributed by atoms with Crippen molar-refractivity contribution in [1.82, 2.24) is 49.9 Å². The minimum absolute atomic E-state index is 0.154. The van der Waals surface area contributed by atoms with Gasteiger partial charge in [-0.1, -0.05) is 33.8 Å². The molecule has 4 aromatic heterocycles. The van der Waals surface area contributed by atoms with E-state index < -0.39 is 36.3 Å². The van der Waals surface area contributed by atoms with Gasteiger partial charge in [-0.3, -0.25) is 14.2 Å². The first-order chi connectivity index (χ1) is 33.2. The smallest absolute Gasteiger partial charge is 0.407 e. The molecular formula is C50H57FN10O7S. The van der Waals surface area contributed by atoms with Crippen LogP contribution in [0.5, 0.6) is 5.75 Å². The van der Waals surface area contributed by atoms with Crippen molar-refractivity contribution in [1.29, 1.82) is 0 Å². The van der Waals surface area contributed by atoms with Gasteiger partial charge in [0.1, 0.15) is 41.0 Å². The van der Waals surface area contributed by atoms with Crippen LogP contribution in [0, 0.1) is 24.6 Å². The molecule has 1 unspecified atom stereocenters. The third-order valence-corrected chi connectivity index (χ3v) is 15.1.